The minimum atomic E-state index is -3.55. The summed E-state index contributed by atoms with van der Waals surface area (Å²) in [6.45, 7) is 8.61. The van der Waals surface area contributed by atoms with Crippen LogP contribution in [-0.2, 0) is 19.6 Å². The van der Waals surface area contributed by atoms with Crippen LogP contribution in [0.2, 0.25) is 0 Å². The second-order valence-corrected chi connectivity index (χ2v) is 8.75. The summed E-state index contributed by atoms with van der Waals surface area (Å²) in [4.78, 5) is 18.9. The second kappa shape index (κ2) is 11.2. The highest BCUT2D eigenvalue weighted by molar-refractivity contribution is 7.89. The van der Waals surface area contributed by atoms with Crippen LogP contribution in [0.15, 0.2) is 34.2 Å². The summed E-state index contributed by atoms with van der Waals surface area (Å²) in [5, 5.41) is 3.23. The number of rotatable bonds is 8. The number of nitrogens with one attached hydrogen (secondary N) is 2. The van der Waals surface area contributed by atoms with Gasteiger partial charge < -0.3 is 15.0 Å². The summed E-state index contributed by atoms with van der Waals surface area (Å²) in [7, 11) is -3.55. The molecule has 2 N–H and O–H groups in total. The van der Waals surface area contributed by atoms with Crippen LogP contribution >= 0.6 is 0 Å². The monoisotopic (exact) mass is 424 g/mol. The van der Waals surface area contributed by atoms with Gasteiger partial charge in [0.1, 0.15) is 0 Å². The number of sulfonamides is 1. The molecule has 1 atom stereocenters. The molecule has 29 heavy (non-hydrogen) atoms. The number of piperidine rings is 1. The molecule has 1 unspecified atom stereocenters. The molecule has 1 aromatic carbocycles. The number of aliphatic imine (C=N–C) groups is 1. The van der Waals surface area contributed by atoms with E-state index in [0.29, 0.717) is 32.2 Å². The molecule has 1 heterocycles. The van der Waals surface area contributed by atoms with Crippen LogP contribution < -0.4 is 10.0 Å². The Labute approximate surface area is 173 Å². The molecule has 1 aromatic rings. The smallest absolute Gasteiger partial charge is 0.310 e. The van der Waals surface area contributed by atoms with E-state index in [4.69, 9.17) is 4.74 Å². The van der Waals surface area contributed by atoms with E-state index in [1.165, 1.54) is 0 Å². The number of ether oxygens (including phenoxy) is 1. The van der Waals surface area contributed by atoms with Crippen LogP contribution in [0.1, 0.15) is 32.3 Å². The predicted molar refractivity (Wildman–Crippen MR) is 113 cm³/mol. The fraction of sp³-hybridized carbons (Fsp3) is 0.600. The van der Waals surface area contributed by atoms with Crippen LogP contribution in [-0.4, -0.2) is 64.6 Å². The topological polar surface area (TPSA) is 100 Å². The van der Waals surface area contributed by atoms with Gasteiger partial charge in [-0.15, -0.1) is 0 Å². The third-order valence-electron chi connectivity index (χ3n) is 4.67. The van der Waals surface area contributed by atoms with Crippen molar-refractivity contribution in [2.45, 2.75) is 38.5 Å². The van der Waals surface area contributed by atoms with Gasteiger partial charge in [0.25, 0.3) is 0 Å². The normalized spacial score (nSPS) is 17.8. The van der Waals surface area contributed by atoms with E-state index in [1.54, 1.807) is 24.3 Å². The van der Waals surface area contributed by atoms with E-state index >= 15 is 0 Å². The lowest BCUT2D eigenvalue weighted by Gasteiger charge is -2.34. The quantitative estimate of drug-likeness (QED) is 0.284. The third kappa shape index (κ3) is 7.01. The number of likely N-dealkylation sites (tertiary alicyclic amines) is 1. The Kier molecular flexibility index (Phi) is 8.91. The molecule has 0 bridgehead atoms. The highest BCUT2D eigenvalue weighted by Crippen LogP contribution is 2.18. The Morgan fingerprint density at radius 2 is 2.00 bits per heavy atom. The molecule has 1 saturated heterocycles. The van der Waals surface area contributed by atoms with Crippen molar-refractivity contribution in [2.75, 3.05) is 39.3 Å². The van der Waals surface area contributed by atoms with Crippen molar-refractivity contribution >= 4 is 22.0 Å². The standard InChI is InChI=1S/C20H32N4O4S/c1-4-21-20(24-14-6-7-17(15-24)19(25)28-5-2)22-12-13-23-29(26,27)18-10-8-16(3)9-11-18/h8-11,17,23H,4-7,12-15H2,1-3H3,(H,21,22). The van der Waals surface area contributed by atoms with Crippen molar-refractivity contribution in [1.82, 2.24) is 14.9 Å². The van der Waals surface area contributed by atoms with E-state index in [1.807, 2.05) is 25.7 Å². The molecular formula is C20H32N4O4S. The molecule has 0 spiro atoms. The predicted octanol–water partition coefficient (Wildman–Crippen LogP) is 1.51. The fourth-order valence-electron chi connectivity index (χ4n) is 3.19. The third-order valence-corrected chi connectivity index (χ3v) is 6.15. The van der Waals surface area contributed by atoms with Crippen molar-refractivity contribution in [3.8, 4) is 0 Å². The van der Waals surface area contributed by atoms with Gasteiger partial charge >= 0.3 is 5.97 Å². The number of aryl methyl sites for hydroxylation is 1. The lowest BCUT2D eigenvalue weighted by atomic mass is 9.98. The molecule has 0 aliphatic carbocycles. The first-order valence-corrected chi connectivity index (χ1v) is 11.6. The highest BCUT2D eigenvalue weighted by Gasteiger charge is 2.28. The summed E-state index contributed by atoms with van der Waals surface area (Å²) < 4.78 is 32.5. The number of carbonyl (C=O) groups is 1. The Balaban J connectivity index is 1.94. The summed E-state index contributed by atoms with van der Waals surface area (Å²) >= 11 is 0. The van der Waals surface area contributed by atoms with E-state index in [2.05, 4.69) is 15.0 Å². The zero-order valence-corrected chi connectivity index (χ0v) is 18.3. The van der Waals surface area contributed by atoms with Gasteiger partial charge in [0.2, 0.25) is 10.0 Å². The van der Waals surface area contributed by atoms with Crippen LogP contribution in [0.5, 0.6) is 0 Å². The van der Waals surface area contributed by atoms with Gasteiger partial charge in [-0.05, 0) is 45.7 Å². The molecule has 9 heteroatoms. The van der Waals surface area contributed by atoms with Crippen molar-refractivity contribution in [1.29, 1.82) is 0 Å². The van der Waals surface area contributed by atoms with Gasteiger partial charge in [0, 0.05) is 26.2 Å². The number of benzene rings is 1. The van der Waals surface area contributed by atoms with Crippen molar-refractivity contribution in [2.24, 2.45) is 10.9 Å². The van der Waals surface area contributed by atoms with Gasteiger partial charge in [0.05, 0.1) is 24.0 Å². The van der Waals surface area contributed by atoms with Gasteiger partial charge in [-0.2, -0.15) is 0 Å². The molecular weight excluding hydrogens is 392 g/mol. The average molecular weight is 425 g/mol. The molecule has 2 rings (SSSR count). The first kappa shape index (κ1) is 23.2. The highest BCUT2D eigenvalue weighted by atomic mass is 32.2. The molecule has 1 aliphatic heterocycles. The molecule has 0 radical (unpaired) electrons. The van der Waals surface area contributed by atoms with E-state index in [9.17, 15) is 13.2 Å². The Morgan fingerprint density at radius 1 is 1.28 bits per heavy atom. The zero-order chi connectivity index (χ0) is 21.3. The van der Waals surface area contributed by atoms with E-state index < -0.39 is 10.0 Å². The van der Waals surface area contributed by atoms with Crippen LogP contribution in [0, 0.1) is 12.8 Å². The zero-order valence-electron chi connectivity index (χ0n) is 17.5. The van der Waals surface area contributed by atoms with Crippen LogP contribution in [0.25, 0.3) is 0 Å². The molecule has 0 aromatic heterocycles. The maximum Gasteiger partial charge on any atom is 0.310 e. The number of hydrogen-bond donors (Lipinski definition) is 2. The minimum absolute atomic E-state index is 0.160. The lowest BCUT2D eigenvalue weighted by Crippen LogP contribution is -2.48. The maximum atomic E-state index is 12.4. The number of hydrogen-bond acceptors (Lipinski definition) is 5. The Morgan fingerprint density at radius 3 is 2.66 bits per heavy atom. The molecule has 162 valence electrons. The molecule has 1 fully saturated rings. The van der Waals surface area contributed by atoms with E-state index in [-0.39, 0.29) is 23.3 Å². The first-order valence-electron chi connectivity index (χ1n) is 10.1. The van der Waals surface area contributed by atoms with Gasteiger partial charge in [-0.1, -0.05) is 17.7 Å². The molecule has 0 saturated carbocycles. The average Bonchev–Trinajstić information content (AvgIpc) is 2.71. The van der Waals surface area contributed by atoms with Crippen molar-refractivity contribution < 1.29 is 17.9 Å². The molecule has 8 nitrogen and oxygen atoms in total. The van der Waals surface area contributed by atoms with Crippen molar-refractivity contribution in [3.63, 3.8) is 0 Å². The Hall–Kier alpha value is -2.13. The molecule has 1 aliphatic rings. The lowest BCUT2D eigenvalue weighted by molar-refractivity contribution is -0.149. The Bertz CT molecular complexity index is 793. The largest absolute Gasteiger partial charge is 0.466 e. The number of nitrogens with zero attached hydrogens (tertiary/aromatic N) is 2. The van der Waals surface area contributed by atoms with Crippen LogP contribution in [0.4, 0.5) is 0 Å². The number of esters is 1. The van der Waals surface area contributed by atoms with Gasteiger partial charge in [0.15, 0.2) is 5.96 Å². The molecule has 0 amide bonds. The van der Waals surface area contributed by atoms with E-state index in [0.717, 1.165) is 24.9 Å². The second-order valence-electron chi connectivity index (χ2n) is 6.98. The number of guanidine groups is 1. The summed E-state index contributed by atoms with van der Waals surface area (Å²) in [6.07, 6.45) is 1.69. The summed E-state index contributed by atoms with van der Waals surface area (Å²) in [5.74, 6) is 0.363. The summed E-state index contributed by atoms with van der Waals surface area (Å²) in [5.41, 5.74) is 1.01. The number of carbonyl (C=O) groups excluding carboxylic acids is 1. The minimum Gasteiger partial charge on any atom is -0.466 e. The maximum absolute atomic E-state index is 12.4. The van der Waals surface area contributed by atoms with Gasteiger partial charge in [-0.25, -0.2) is 13.1 Å². The fourth-order valence-corrected chi connectivity index (χ4v) is 4.21. The van der Waals surface area contributed by atoms with Gasteiger partial charge in [-0.3, -0.25) is 9.79 Å². The SMILES string of the molecule is CCNC(=NCCNS(=O)(=O)c1ccc(C)cc1)N1CCCC(C(=O)OCC)C1. The summed E-state index contributed by atoms with van der Waals surface area (Å²) in [6, 6.07) is 6.72. The van der Waals surface area contributed by atoms with Crippen LogP contribution in [0.3, 0.4) is 0 Å². The first-order chi connectivity index (χ1) is 13.9. The van der Waals surface area contributed by atoms with Crippen molar-refractivity contribution in [3.05, 3.63) is 29.8 Å².